The fourth-order valence-corrected chi connectivity index (χ4v) is 11.2. The van der Waals surface area contributed by atoms with Gasteiger partial charge < -0.3 is 40.1 Å². The molecule has 4 aromatic heterocycles. The van der Waals surface area contributed by atoms with E-state index in [4.69, 9.17) is 9.47 Å². The second-order valence-corrected chi connectivity index (χ2v) is 20.0. The number of hydrogen-bond acceptors (Lipinski definition) is 14. The van der Waals surface area contributed by atoms with Gasteiger partial charge in [-0.25, -0.2) is 19.0 Å². The van der Waals surface area contributed by atoms with Gasteiger partial charge in [-0.15, -0.1) is 0 Å². The number of carbonyl (C=O) groups excluding carboxylic acids is 2. The molecule has 4 saturated heterocycles. The molecule has 6 aliphatic rings. The number of ether oxygens (including phenoxy) is 2. The number of likely N-dealkylation sites (tertiary alicyclic amines) is 2. The van der Waals surface area contributed by atoms with E-state index in [-0.39, 0.29) is 37.4 Å². The number of nitrogens with zero attached hydrogens (tertiary/aromatic N) is 10. The van der Waals surface area contributed by atoms with Crippen molar-refractivity contribution in [2.75, 3.05) is 72.9 Å². The first kappa shape index (κ1) is 47.6. The number of aliphatic hydroxyl groups excluding tert-OH is 2. The van der Waals surface area contributed by atoms with Crippen LogP contribution in [0.1, 0.15) is 58.5 Å². The number of piperazine rings is 2. The molecule has 4 fully saturated rings. The number of nitrogens with one attached hydrogen (secondary N) is 2. The van der Waals surface area contributed by atoms with Crippen molar-refractivity contribution < 1.29 is 55.6 Å². The maximum absolute atomic E-state index is 13.3. The second kappa shape index (κ2) is 17.5. The van der Waals surface area contributed by atoms with E-state index in [1.165, 1.54) is 31.2 Å². The van der Waals surface area contributed by atoms with E-state index in [0.29, 0.717) is 109 Å². The number of alkyl halides is 6. The molecule has 12 rings (SSSR count). The number of anilines is 4. The van der Waals surface area contributed by atoms with Gasteiger partial charge in [0, 0.05) is 111 Å². The Morgan fingerprint density at radius 3 is 1.43 bits per heavy atom. The summed E-state index contributed by atoms with van der Waals surface area (Å²) >= 11 is 0. The van der Waals surface area contributed by atoms with Crippen LogP contribution in [0.5, 0.6) is 11.5 Å². The van der Waals surface area contributed by atoms with E-state index < -0.39 is 48.5 Å². The summed E-state index contributed by atoms with van der Waals surface area (Å²) in [5.41, 5.74) is 4.01. The molecule has 4 bridgehead atoms. The number of aromatic nitrogens is 6. The van der Waals surface area contributed by atoms with Gasteiger partial charge in [0.05, 0.1) is 61.4 Å². The molecule has 10 heterocycles. The van der Waals surface area contributed by atoms with E-state index in [9.17, 15) is 46.1 Å². The van der Waals surface area contributed by atoms with Gasteiger partial charge in [0.1, 0.15) is 33.8 Å². The summed E-state index contributed by atoms with van der Waals surface area (Å²) in [7, 11) is 0. The summed E-state index contributed by atoms with van der Waals surface area (Å²) < 4.78 is 93.1. The molecule has 0 aliphatic carbocycles. The Labute approximate surface area is 407 Å². The number of fused-ring (bicyclic) bond motifs is 8. The number of aliphatic hydroxyl groups is 2. The normalized spacial score (nSPS) is 25.4. The highest BCUT2D eigenvalue weighted by Gasteiger charge is 2.50. The lowest BCUT2D eigenvalue weighted by molar-refractivity contribution is -0.148. The van der Waals surface area contributed by atoms with Crippen LogP contribution in [0.25, 0.3) is 11.3 Å². The molecular weight excluding hydrogens is 955 g/mol. The molecule has 72 heavy (non-hydrogen) atoms. The number of rotatable bonds is 10. The molecule has 0 spiro atoms. The Morgan fingerprint density at radius 2 is 1.07 bits per heavy atom. The Hall–Kier alpha value is -6.76. The summed E-state index contributed by atoms with van der Waals surface area (Å²) in [6.07, 6.45) is 3.12. The molecule has 2 amide bonds. The second-order valence-electron chi connectivity index (χ2n) is 20.0. The summed E-state index contributed by atoms with van der Waals surface area (Å²) in [6, 6.07) is 10.1. The fourth-order valence-electron chi connectivity index (χ4n) is 11.2. The van der Waals surface area contributed by atoms with E-state index in [0.717, 1.165) is 11.1 Å². The molecule has 0 unspecified atom stereocenters. The van der Waals surface area contributed by atoms with E-state index in [2.05, 4.69) is 40.6 Å². The number of amides is 2. The van der Waals surface area contributed by atoms with Crippen LogP contribution >= 0.6 is 0 Å². The third-order valence-corrected chi connectivity index (χ3v) is 14.5. The minimum absolute atomic E-state index is 0.115. The van der Waals surface area contributed by atoms with E-state index >= 15 is 0 Å². The highest BCUT2D eigenvalue weighted by Crippen LogP contribution is 2.47. The standard InChI is InChI=1S/2C24H25F3N6O3/c2*1-23(13-34)8-14-5-18(30-22(35)17-9-29-33-4-2-3-28-21(17)33)19(7-20(14)36-23)32-11-15-6-16(32)10-31(15)12-24(25,26)27/h2*2-5,7,9,15-16,34H,6,8,10-13H2,1H3,(H,30,35)/t15-,16-,23+;15-,16-,23-/m00/s1. The predicted octanol–water partition coefficient (Wildman–Crippen LogP) is 4.99. The van der Waals surface area contributed by atoms with Gasteiger partial charge >= 0.3 is 12.4 Å². The zero-order chi connectivity index (χ0) is 50.5. The molecule has 6 aliphatic heterocycles. The summed E-state index contributed by atoms with van der Waals surface area (Å²) in [5, 5.41) is 33.9. The highest BCUT2D eigenvalue weighted by molar-refractivity contribution is 6.10. The first-order valence-corrected chi connectivity index (χ1v) is 23.5. The third kappa shape index (κ3) is 8.97. The van der Waals surface area contributed by atoms with Crippen LogP contribution < -0.4 is 29.9 Å². The molecule has 24 heteroatoms. The van der Waals surface area contributed by atoms with Crippen molar-refractivity contribution in [2.45, 2.75) is 87.3 Å². The van der Waals surface area contributed by atoms with Crippen molar-refractivity contribution in [3.63, 3.8) is 0 Å². The van der Waals surface area contributed by atoms with Gasteiger partial charge in [0.15, 0.2) is 11.3 Å². The monoisotopic (exact) mass is 1000 g/mol. The minimum Gasteiger partial charge on any atom is -0.484 e. The van der Waals surface area contributed by atoms with Gasteiger partial charge in [0.25, 0.3) is 11.8 Å². The van der Waals surface area contributed by atoms with Gasteiger partial charge in [-0.3, -0.25) is 19.4 Å². The molecular formula is C48H50F6N12O6. The van der Waals surface area contributed by atoms with Crippen LogP contribution in [0, 0.1) is 0 Å². The van der Waals surface area contributed by atoms with E-state index in [1.54, 1.807) is 36.9 Å². The van der Waals surface area contributed by atoms with Gasteiger partial charge in [-0.2, -0.15) is 36.5 Å². The van der Waals surface area contributed by atoms with Gasteiger partial charge in [-0.1, -0.05) is 0 Å². The van der Waals surface area contributed by atoms with Crippen LogP contribution in [-0.4, -0.2) is 161 Å². The Kier molecular flexibility index (Phi) is 11.5. The zero-order valence-corrected chi connectivity index (χ0v) is 39.0. The van der Waals surface area contributed by atoms with Crippen molar-refractivity contribution in [3.8, 4) is 11.5 Å². The lowest BCUT2D eigenvalue weighted by atomic mass is 9.99. The van der Waals surface area contributed by atoms with Crippen LogP contribution in [0.3, 0.4) is 0 Å². The topological polar surface area (TPSA) is 190 Å². The Morgan fingerprint density at radius 1 is 0.653 bits per heavy atom. The van der Waals surface area contributed by atoms with Gasteiger partial charge in [-0.05, 0) is 51.0 Å². The maximum Gasteiger partial charge on any atom is 0.401 e. The maximum atomic E-state index is 13.3. The van der Waals surface area contributed by atoms with Crippen LogP contribution in [-0.2, 0) is 12.8 Å². The van der Waals surface area contributed by atoms with Crippen molar-refractivity contribution in [1.82, 2.24) is 39.0 Å². The van der Waals surface area contributed by atoms with Gasteiger partial charge in [0.2, 0.25) is 0 Å². The summed E-state index contributed by atoms with van der Waals surface area (Å²) in [6.45, 7) is 2.84. The molecule has 380 valence electrons. The largest absolute Gasteiger partial charge is 0.484 e. The molecule has 6 aromatic rings. The number of halogens is 6. The molecule has 18 nitrogen and oxygen atoms in total. The third-order valence-electron chi connectivity index (χ3n) is 14.5. The average molecular weight is 1000 g/mol. The first-order valence-electron chi connectivity index (χ1n) is 23.5. The highest BCUT2D eigenvalue weighted by atomic mass is 19.4. The van der Waals surface area contributed by atoms with E-state index in [1.807, 2.05) is 38.1 Å². The lowest BCUT2D eigenvalue weighted by Gasteiger charge is -2.36. The quantitative estimate of drug-likeness (QED) is 0.134. The minimum atomic E-state index is -4.24. The fraction of sp³-hybridized carbons (Fsp3) is 0.458. The van der Waals surface area contributed by atoms with Crippen molar-refractivity contribution in [3.05, 3.63) is 95.8 Å². The Bertz CT molecular complexity index is 2890. The Balaban J connectivity index is 0.000000156. The van der Waals surface area contributed by atoms with Crippen molar-refractivity contribution in [2.24, 2.45) is 0 Å². The number of carbonyl (C=O) groups is 2. The number of hydrogen-bond donors (Lipinski definition) is 4. The smallest absolute Gasteiger partial charge is 0.401 e. The van der Waals surface area contributed by atoms with Crippen LogP contribution in [0.15, 0.2) is 73.6 Å². The summed E-state index contributed by atoms with van der Waals surface area (Å²) in [5.74, 6) is 0.424. The average Bonchev–Trinajstić information content (AvgIpc) is 4.20. The molecule has 0 saturated carbocycles. The molecule has 0 radical (unpaired) electrons. The SMILES string of the molecule is C[C@@]1(CO)Cc2cc(NC(=O)c3cnn4cccnc34)c(N3C[C@@H]4C[C@H]3CN4CC(F)(F)F)cc2O1.C[C@]1(CO)Cc2cc(NC(=O)c3cnn4cccnc34)c(N3C[C@@H]4C[C@H]3CN4CC(F)(F)F)cc2O1. The molecule has 4 N–H and O–H groups in total. The zero-order valence-electron chi connectivity index (χ0n) is 39.0. The first-order chi connectivity index (χ1) is 34.2. The van der Waals surface area contributed by atoms with Crippen LogP contribution in [0.2, 0.25) is 0 Å². The predicted molar refractivity (Wildman–Crippen MR) is 249 cm³/mol. The van der Waals surface area contributed by atoms with Crippen molar-refractivity contribution >= 4 is 45.9 Å². The van der Waals surface area contributed by atoms with Crippen LogP contribution in [0.4, 0.5) is 49.1 Å². The molecule has 2 aromatic carbocycles. The number of benzene rings is 2. The van der Waals surface area contributed by atoms with Crippen molar-refractivity contribution in [1.29, 1.82) is 0 Å². The summed E-state index contributed by atoms with van der Waals surface area (Å²) in [4.78, 5) is 42.1. The lowest BCUT2D eigenvalue weighted by Crippen LogP contribution is -2.49. The molecule has 6 atom stereocenters.